The Morgan fingerprint density at radius 1 is 1.26 bits per heavy atom. The van der Waals surface area contributed by atoms with Gasteiger partial charge in [-0.25, -0.2) is 13.1 Å². The van der Waals surface area contributed by atoms with Crippen LogP contribution in [0.15, 0.2) is 76.7 Å². The molecule has 0 spiro atoms. The molecule has 3 N–H and O–H groups in total. The van der Waals surface area contributed by atoms with Gasteiger partial charge in [-0.1, -0.05) is 48.0 Å². The molecule has 3 atom stereocenters. The first kappa shape index (κ1) is 25.1. The summed E-state index contributed by atoms with van der Waals surface area (Å²) in [5.41, 5.74) is 3.07. The fourth-order valence-electron chi connectivity index (χ4n) is 3.86. The molecular weight excluding hydrogens is 510 g/mol. The minimum absolute atomic E-state index is 0.0273. The third-order valence-electron chi connectivity index (χ3n) is 5.56. The summed E-state index contributed by atoms with van der Waals surface area (Å²) >= 11 is 9.47. The molecule has 0 saturated carbocycles. The number of allylic oxidation sites excluding steroid dienone is 1. The highest BCUT2D eigenvalue weighted by molar-refractivity contribution is 8.02. The van der Waals surface area contributed by atoms with E-state index in [1.165, 1.54) is 4.88 Å². The molecule has 6 nitrogen and oxygen atoms in total. The van der Waals surface area contributed by atoms with Gasteiger partial charge in [-0.2, -0.15) is 0 Å². The van der Waals surface area contributed by atoms with Gasteiger partial charge in [-0.3, -0.25) is 4.79 Å². The van der Waals surface area contributed by atoms with Crippen LogP contribution in [0, 0.1) is 0 Å². The van der Waals surface area contributed by atoms with Crippen molar-refractivity contribution in [3.63, 3.8) is 0 Å². The highest BCUT2D eigenvalue weighted by Gasteiger charge is 2.27. The van der Waals surface area contributed by atoms with E-state index in [2.05, 4.69) is 32.2 Å². The first-order chi connectivity index (χ1) is 16.5. The van der Waals surface area contributed by atoms with Crippen LogP contribution in [-0.2, 0) is 22.1 Å². The Balaban J connectivity index is 1.40. The van der Waals surface area contributed by atoms with E-state index in [1.807, 2.05) is 48.6 Å². The Morgan fingerprint density at radius 2 is 2.15 bits per heavy atom. The first-order valence-electron chi connectivity index (χ1n) is 10.9. The predicted octanol–water partition coefficient (Wildman–Crippen LogP) is 4.46. The Morgan fingerprint density at radius 3 is 2.85 bits per heavy atom. The van der Waals surface area contributed by atoms with Crippen LogP contribution >= 0.6 is 34.7 Å². The van der Waals surface area contributed by atoms with Crippen molar-refractivity contribution in [1.82, 2.24) is 15.4 Å². The molecule has 1 aliphatic carbocycles. The molecule has 180 valence electrons. The molecule has 2 aliphatic rings. The topological polar surface area (TPSA) is 87.3 Å². The molecule has 1 aromatic carbocycles. The number of thioether (sulfide) groups is 1. The maximum absolute atomic E-state index is 12.9. The zero-order valence-electron chi connectivity index (χ0n) is 18.3. The predicted molar refractivity (Wildman–Crippen MR) is 141 cm³/mol. The summed E-state index contributed by atoms with van der Waals surface area (Å²) in [6, 6.07) is 11.3. The molecule has 0 saturated heterocycles. The number of carbonyl (C=O) groups is 1. The van der Waals surface area contributed by atoms with Gasteiger partial charge in [0.1, 0.15) is 5.37 Å². The van der Waals surface area contributed by atoms with Crippen LogP contribution in [0.4, 0.5) is 0 Å². The largest absolute Gasteiger partial charge is 0.370 e. The van der Waals surface area contributed by atoms with Crippen LogP contribution in [0.1, 0.15) is 35.1 Å². The van der Waals surface area contributed by atoms with Crippen molar-refractivity contribution in [2.45, 2.75) is 43.1 Å². The summed E-state index contributed by atoms with van der Waals surface area (Å²) in [5, 5.41) is 11.7. The van der Waals surface area contributed by atoms with Crippen molar-refractivity contribution in [3.05, 3.63) is 92.1 Å². The van der Waals surface area contributed by atoms with Crippen molar-refractivity contribution in [1.29, 1.82) is 0 Å². The second-order valence-electron chi connectivity index (χ2n) is 8.07. The van der Waals surface area contributed by atoms with Crippen molar-refractivity contribution in [3.8, 4) is 0 Å². The van der Waals surface area contributed by atoms with Gasteiger partial charge in [0.15, 0.2) is 0 Å². The Bertz CT molecular complexity index is 1170. The molecule has 1 aliphatic heterocycles. The summed E-state index contributed by atoms with van der Waals surface area (Å²) in [6.07, 6.45) is 8.00. The zero-order chi connectivity index (χ0) is 23.9. The van der Waals surface area contributed by atoms with Gasteiger partial charge in [0.25, 0.3) is 0 Å². The number of carbonyl (C=O) groups excluding carboxylic acids is 1. The highest BCUT2D eigenvalue weighted by atomic mass is 35.5. The number of hydrogen-bond acceptors (Lipinski definition) is 6. The van der Waals surface area contributed by atoms with Gasteiger partial charge in [0, 0.05) is 28.1 Å². The van der Waals surface area contributed by atoms with E-state index in [-0.39, 0.29) is 23.4 Å². The monoisotopic (exact) mass is 535 g/mol. The third-order valence-corrected chi connectivity index (χ3v) is 8.46. The average molecular weight is 536 g/mol. The molecule has 2 aromatic rings. The number of nitrogens with one attached hydrogen (secondary N) is 3. The van der Waals surface area contributed by atoms with Gasteiger partial charge in [-0.15, -0.1) is 23.1 Å². The standard InChI is InChI=1S/C24H26ClN3O3S3/c25-18-4-1-3-16(13-18)8-11-23(29)26-20(14-17-6-9-19(10-7-17)28-34(30)31)21-15-33-24(27-21)22-5-2-12-32-22/h1-7,9,12-13,15,19-20,24,27,34H,8,10-11,14H2,(H,26,29)(H,28,30,31)/t19?,20-,24?/m0/s1. The summed E-state index contributed by atoms with van der Waals surface area (Å²) < 4.78 is 24.4. The van der Waals surface area contributed by atoms with Gasteiger partial charge < -0.3 is 10.6 Å². The van der Waals surface area contributed by atoms with Crippen molar-refractivity contribution in [2.75, 3.05) is 0 Å². The number of thiol groups is 1. The lowest BCUT2D eigenvalue weighted by atomic mass is 9.96. The second kappa shape index (κ2) is 12.1. The normalized spacial score (nSPS) is 20.5. The van der Waals surface area contributed by atoms with Gasteiger partial charge >= 0.3 is 0 Å². The number of thiophene rings is 1. The van der Waals surface area contributed by atoms with Crippen molar-refractivity contribution in [2.24, 2.45) is 0 Å². The quantitative estimate of drug-likeness (QED) is 0.337. The molecule has 1 aromatic heterocycles. The van der Waals surface area contributed by atoms with Crippen LogP contribution in [0.2, 0.25) is 5.02 Å². The molecular formula is C24H26ClN3O3S3. The summed E-state index contributed by atoms with van der Waals surface area (Å²) in [5.74, 6) is -0.0273. The minimum Gasteiger partial charge on any atom is -0.370 e. The first-order valence-corrected chi connectivity index (χ1v) is 14.3. The van der Waals surface area contributed by atoms with E-state index in [1.54, 1.807) is 23.1 Å². The Labute approximate surface area is 214 Å². The van der Waals surface area contributed by atoms with Gasteiger partial charge in [0.05, 0.1) is 6.04 Å². The SMILES string of the molecule is O=C(CCc1cccc(Cl)c1)N[C@@H](CC1=CCC(N[SH](=O)=O)C=C1)C1=CSC(c2cccs2)N1. The summed E-state index contributed by atoms with van der Waals surface area (Å²) in [6.45, 7) is 0. The number of benzene rings is 1. The number of rotatable bonds is 10. The van der Waals surface area contributed by atoms with E-state index < -0.39 is 10.9 Å². The Kier molecular flexibility index (Phi) is 8.91. The van der Waals surface area contributed by atoms with Crippen LogP contribution in [0.3, 0.4) is 0 Å². The van der Waals surface area contributed by atoms with Gasteiger partial charge in [-0.05, 0) is 59.4 Å². The average Bonchev–Trinajstić information content (AvgIpc) is 3.50. The molecule has 34 heavy (non-hydrogen) atoms. The lowest BCUT2D eigenvalue weighted by molar-refractivity contribution is -0.121. The van der Waals surface area contributed by atoms with E-state index in [0.29, 0.717) is 30.7 Å². The molecule has 1 amide bonds. The van der Waals surface area contributed by atoms with E-state index in [0.717, 1.165) is 16.8 Å². The van der Waals surface area contributed by atoms with Gasteiger partial charge in [0.2, 0.25) is 16.8 Å². The highest BCUT2D eigenvalue weighted by Crippen LogP contribution is 2.38. The smallest absolute Gasteiger partial charge is 0.220 e. The molecule has 2 heterocycles. The van der Waals surface area contributed by atoms with Crippen molar-refractivity contribution < 1.29 is 13.2 Å². The zero-order valence-corrected chi connectivity index (χ0v) is 21.6. The maximum Gasteiger partial charge on any atom is 0.220 e. The minimum atomic E-state index is -2.64. The lowest BCUT2D eigenvalue weighted by Crippen LogP contribution is -2.40. The van der Waals surface area contributed by atoms with Crippen LogP contribution < -0.4 is 15.4 Å². The maximum atomic E-state index is 12.9. The molecule has 2 unspecified atom stereocenters. The fourth-order valence-corrected chi connectivity index (χ4v) is 6.45. The Hall–Kier alpha value is -2.04. The third kappa shape index (κ3) is 7.23. The fraction of sp³-hybridized carbons (Fsp3) is 0.292. The number of hydrogen-bond donors (Lipinski definition) is 4. The van der Waals surface area contributed by atoms with E-state index in [9.17, 15) is 13.2 Å². The van der Waals surface area contributed by atoms with E-state index in [4.69, 9.17) is 11.6 Å². The molecule has 4 rings (SSSR count). The van der Waals surface area contributed by atoms with Crippen LogP contribution in [0.5, 0.6) is 0 Å². The van der Waals surface area contributed by atoms with E-state index >= 15 is 0 Å². The van der Waals surface area contributed by atoms with Crippen LogP contribution in [-0.4, -0.2) is 26.4 Å². The molecule has 0 radical (unpaired) electrons. The van der Waals surface area contributed by atoms with Crippen molar-refractivity contribution >= 4 is 51.5 Å². The lowest BCUT2D eigenvalue weighted by Gasteiger charge is -2.24. The summed E-state index contributed by atoms with van der Waals surface area (Å²) in [7, 11) is -2.64. The number of halogens is 1. The molecule has 0 bridgehead atoms. The summed E-state index contributed by atoms with van der Waals surface area (Å²) in [4.78, 5) is 14.1. The number of amides is 1. The second-order valence-corrected chi connectivity index (χ2v) is 11.2. The van der Waals surface area contributed by atoms with Crippen LogP contribution in [0.25, 0.3) is 0 Å². The number of aryl methyl sites for hydroxylation is 1. The molecule has 10 heteroatoms. The molecule has 0 fully saturated rings.